The number of benzene rings is 3. The lowest BCUT2D eigenvalue weighted by Gasteiger charge is -2.32. The van der Waals surface area contributed by atoms with E-state index in [2.05, 4.69) is 21.2 Å². The number of nitrogens with zero attached hydrogens (tertiary/aromatic N) is 2. The van der Waals surface area contributed by atoms with E-state index in [1.165, 1.54) is 9.21 Å². The van der Waals surface area contributed by atoms with Gasteiger partial charge in [-0.1, -0.05) is 84.7 Å². The molecule has 2 amide bonds. The molecule has 0 unspecified atom stereocenters. The zero-order chi connectivity index (χ0) is 29.4. The molecule has 0 aliphatic rings. The molecule has 0 radical (unpaired) electrons. The topological polar surface area (TPSA) is 86.8 Å². The van der Waals surface area contributed by atoms with E-state index in [-0.39, 0.29) is 23.3 Å². The lowest BCUT2D eigenvalue weighted by Crippen LogP contribution is -2.51. The Bertz CT molecular complexity index is 1410. The summed E-state index contributed by atoms with van der Waals surface area (Å²) in [4.78, 5) is 28.7. The zero-order valence-corrected chi connectivity index (χ0v) is 26.1. The summed E-state index contributed by atoms with van der Waals surface area (Å²) in [7, 11) is -4.10. The third kappa shape index (κ3) is 7.95. The maximum absolute atomic E-state index is 14.0. The molecule has 0 aliphatic carbocycles. The van der Waals surface area contributed by atoms with Crippen LogP contribution in [0.1, 0.15) is 44.4 Å². The monoisotopic (exact) mass is 627 g/mol. The number of hydrogen-bond acceptors (Lipinski definition) is 4. The summed E-state index contributed by atoms with van der Waals surface area (Å²) in [6, 6.07) is 20.4. The molecule has 7 nitrogen and oxygen atoms in total. The predicted molar refractivity (Wildman–Crippen MR) is 164 cm³/mol. The molecule has 0 spiro atoms. The number of rotatable bonds is 12. The van der Waals surface area contributed by atoms with Gasteiger partial charge in [0.2, 0.25) is 11.8 Å². The number of carbonyl (C=O) groups excluding carboxylic acids is 2. The van der Waals surface area contributed by atoms with Gasteiger partial charge in [-0.2, -0.15) is 0 Å². The summed E-state index contributed by atoms with van der Waals surface area (Å²) in [5.41, 5.74) is 2.99. The van der Waals surface area contributed by atoms with E-state index in [1.807, 2.05) is 64.1 Å². The summed E-state index contributed by atoms with van der Waals surface area (Å²) in [5.74, 6) is -0.523. The number of amides is 2. The quantitative estimate of drug-likeness (QED) is 0.279. The van der Waals surface area contributed by atoms with Gasteiger partial charge in [0.25, 0.3) is 10.0 Å². The fraction of sp³-hybridized carbons (Fsp3) is 0.355. The maximum atomic E-state index is 14.0. The fourth-order valence-electron chi connectivity index (χ4n) is 4.23. The van der Waals surface area contributed by atoms with Crippen molar-refractivity contribution in [2.75, 3.05) is 17.4 Å². The lowest BCUT2D eigenvalue weighted by atomic mass is 10.1. The fourth-order valence-corrected chi connectivity index (χ4v) is 5.94. The van der Waals surface area contributed by atoms with Gasteiger partial charge in [0, 0.05) is 17.6 Å². The van der Waals surface area contributed by atoms with E-state index >= 15 is 0 Å². The van der Waals surface area contributed by atoms with Gasteiger partial charge in [-0.3, -0.25) is 13.9 Å². The Kier molecular flexibility index (Phi) is 10.9. The van der Waals surface area contributed by atoms with Crippen LogP contribution in [0.15, 0.2) is 82.2 Å². The van der Waals surface area contributed by atoms with Gasteiger partial charge in [-0.05, 0) is 67.6 Å². The first-order valence-corrected chi connectivity index (χ1v) is 15.7. The Hall–Kier alpha value is -3.17. The van der Waals surface area contributed by atoms with Crippen LogP contribution in [-0.4, -0.2) is 44.3 Å². The summed E-state index contributed by atoms with van der Waals surface area (Å²) in [5, 5.41) is 2.90. The Morgan fingerprint density at radius 3 is 2.15 bits per heavy atom. The van der Waals surface area contributed by atoms with Crippen molar-refractivity contribution < 1.29 is 18.0 Å². The first kappa shape index (κ1) is 31.4. The molecule has 9 heteroatoms. The minimum absolute atomic E-state index is 0.0963. The summed E-state index contributed by atoms with van der Waals surface area (Å²) in [6.45, 7) is 9.66. The van der Waals surface area contributed by atoms with Crippen LogP contribution in [0.3, 0.4) is 0 Å². The Balaban J connectivity index is 2.04. The molecule has 3 rings (SSSR count). The first-order valence-electron chi connectivity index (χ1n) is 13.4. The molecule has 0 saturated carbocycles. The summed E-state index contributed by atoms with van der Waals surface area (Å²) in [6.07, 6.45) is 0.584. The van der Waals surface area contributed by atoms with Gasteiger partial charge >= 0.3 is 0 Å². The van der Waals surface area contributed by atoms with Crippen LogP contribution in [0.4, 0.5) is 5.69 Å². The van der Waals surface area contributed by atoms with Crippen LogP contribution in [0.25, 0.3) is 0 Å². The molecule has 0 saturated heterocycles. The average molecular weight is 629 g/mol. The van der Waals surface area contributed by atoms with E-state index in [0.29, 0.717) is 18.7 Å². The van der Waals surface area contributed by atoms with E-state index in [4.69, 9.17) is 0 Å². The van der Waals surface area contributed by atoms with Gasteiger partial charge in [-0.25, -0.2) is 8.42 Å². The number of anilines is 1. The van der Waals surface area contributed by atoms with Crippen LogP contribution >= 0.6 is 15.9 Å². The van der Waals surface area contributed by atoms with E-state index in [1.54, 1.807) is 43.3 Å². The second-order valence-corrected chi connectivity index (χ2v) is 13.0. The highest BCUT2D eigenvalue weighted by Gasteiger charge is 2.33. The molecule has 40 heavy (non-hydrogen) atoms. The van der Waals surface area contributed by atoms with E-state index in [0.717, 1.165) is 21.2 Å². The third-order valence-electron chi connectivity index (χ3n) is 6.65. The van der Waals surface area contributed by atoms with Crippen LogP contribution in [0.5, 0.6) is 0 Å². The maximum Gasteiger partial charge on any atom is 0.264 e. The first-order chi connectivity index (χ1) is 18.9. The number of sulfonamides is 1. The highest BCUT2D eigenvalue weighted by atomic mass is 79.9. The summed E-state index contributed by atoms with van der Waals surface area (Å²) < 4.78 is 30.1. The Morgan fingerprint density at radius 1 is 0.925 bits per heavy atom. The van der Waals surface area contributed by atoms with Crippen molar-refractivity contribution in [3.63, 3.8) is 0 Å². The molecule has 3 aromatic rings. The van der Waals surface area contributed by atoms with Gasteiger partial charge in [0.05, 0.1) is 10.6 Å². The van der Waals surface area contributed by atoms with Crippen molar-refractivity contribution in [2.24, 2.45) is 5.92 Å². The second kappa shape index (κ2) is 13.9. The molecule has 1 N–H and O–H groups in total. The second-order valence-electron chi connectivity index (χ2n) is 10.3. The normalized spacial score (nSPS) is 12.2. The average Bonchev–Trinajstić information content (AvgIpc) is 2.93. The van der Waals surface area contributed by atoms with Crippen molar-refractivity contribution in [1.29, 1.82) is 0 Å². The van der Waals surface area contributed by atoms with E-state index in [9.17, 15) is 18.0 Å². The summed E-state index contributed by atoms with van der Waals surface area (Å²) >= 11 is 3.43. The number of carbonyl (C=O) groups is 2. The van der Waals surface area contributed by atoms with Gasteiger partial charge in [0.15, 0.2) is 0 Å². The molecule has 0 fully saturated rings. The van der Waals surface area contributed by atoms with Crippen molar-refractivity contribution in [2.45, 2.75) is 58.5 Å². The smallest absolute Gasteiger partial charge is 0.264 e. The SMILES string of the molecule is CCc1ccccc1N(CC(=O)N(Cc1ccc(Br)cc1)[C@H](C)C(=O)NCC(C)C)S(=O)(=O)c1ccc(C)cc1. The number of aryl methyl sites for hydroxylation is 2. The molecule has 214 valence electrons. The molecular formula is C31H38BrN3O4S. The molecular weight excluding hydrogens is 590 g/mol. The third-order valence-corrected chi connectivity index (χ3v) is 8.95. The number of hydrogen-bond donors (Lipinski definition) is 1. The number of halogens is 1. The Labute approximate surface area is 246 Å². The molecule has 1 atom stereocenters. The van der Waals surface area contributed by atoms with Crippen LogP contribution in [0, 0.1) is 12.8 Å². The van der Waals surface area contributed by atoms with Crippen LogP contribution in [0.2, 0.25) is 0 Å². The van der Waals surface area contributed by atoms with Crippen LogP contribution in [-0.2, 0) is 32.6 Å². The highest BCUT2D eigenvalue weighted by molar-refractivity contribution is 9.10. The van der Waals surface area contributed by atoms with Crippen molar-refractivity contribution in [1.82, 2.24) is 10.2 Å². The minimum atomic E-state index is -4.10. The molecule has 0 aliphatic heterocycles. The molecule has 3 aromatic carbocycles. The van der Waals surface area contributed by atoms with E-state index < -0.39 is 28.5 Å². The zero-order valence-electron chi connectivity index (χ0n) is 23.7. The largest absolute Gasteiger partial charge is 0.354 e. The van der Waals surface area contributed by atoms with Crippen molar-refractivity contribution >= 4 is 43.5 Å². The highest BCUT2D eigenvalue weighted by Crippen LogP contribution is 2.28. The van der Waals surface area contributed by atoms with Crippen molar-refractivity contribution in [3.8, 4) is 0 Å². The van der Waals surface area contributed by atoms with Gasteiger partial charge < -0.3 is 10.2 Å². The lowest BCUT2D eigenvalue weighted by molar-refractivity contribution is -0.139. The minimum Gasteiger partial charge on any atom is -0.354 e. The molecule has 0 bridgehead atoms. The molecule has 0 heterocycles. The Morgan fingerprint density at radius 2 is 1.55 bits per heavy atom. The van der Waals surface area contributed by atoms with Gasteiger partial charge in [0.1, 0.15) is 12.6 Å². The van der Waals surface area contributed by atoms with Crippen molar-refractivity contribution in [3.05, 3.63) is 94.0 Å². The van der Waals surface area contributed by atoms with Crippen LogP contribution < -0.4 is 9.62 Å². The predicted octanol–water partition coefficient (Wildman–Crippen LogP) is 5.70. The number of nitrogens with one attached hydrogen (secondary N) is 1. The van der Waals surface area contributed by atoms with Gasteiger partial charge in [-0.15, -0.1) is 0 Å². The molecule has 0 aromatic heterocycles. The standard InChI is InChI=1S/C31H38BrN3O4S/c1-6-26-9-7-8-10-29(26)35(40(38,39)28-17-11-23(4)12-18-28)21-30(36)34(20-25-13-15-27(32)16-14-25)24(5)31(37)33-19-22(2)3/h7-18,22,24H,6,19-21H2,1-5H3,(H,33,37)/t24-/m1/s1. The number of para-hydroxylation sites is 1.